The average Bonchev–Trinajstić information content (AvgIpc) is 2.72. The van der Waals surface area contributed by atoms with Crippen molar-refractivity contribution in [3.05, 3.63) is 71.9 Å². The quantitative estimate of drug-likeness (QED) is 0.714. The zero-order chi connectivity index (χ0) is 20.4. The van der Waals surface area contributed by atoms with E-state index < -0.39 is 0 Å². The zero-order valence-electron chi connectivity index (χ0n) is 16.8. The molecule has 4 rings (SSSR count). The van der Waals surface area contributed by atoms with Gasteiger partial charge in [-0.25, -0.2) is 4.98 Å². The van der Waals surface area contributed by atoms with E-state index in [1.54, 1.807) is 18.2 Å². The maximum Gasteiger partial charge on any atom is 0.274 e. The van der Waals surface area contributed by atoms with Gasteiger partial charge in [-0.15, -0.1) is 0 Å². The van der Waals surface area contributed by atoms with E-state index in [1.807, 2.05) is 47.4 Å². The SMILES string of the molecule is CC1CC(C)CN(C(=O)c2ccccc2NC(=O)c2ccc3ccccc3n2)C1. The number of fused-ring (bicyclic) bond motifs is 1. The van der Waals surface area contributed by atoms with Crippen LogP contribution in [0.25, 0.3) is 10.9 Å². The number of pyridine rings is 1. The largest absolute Gasteiger partial charge is 0.338 e. The predicted octanol–water partition coefficient (Wildman–Crippen LogP) is 4.61. The number of anilines is 1. The molecule has 5 heteroatoms. The molecule has 1 fully saturated rings. The van der Waals surface area contributed by atoms with E-state index in [0.717, 1.165) is 30.4 Å². The molecule has 1 aliphatic heterocycles. The number of hydrogen-bond donors (Lipinski definition) is 1. The third-order valence-corrected chi connectivity index (χ3v) is 5.39. The number of para-hydroxylation sites is 2. The van der Waals surface area contributed by atoms with Gasteiger partial charge in [0.15, 0.2) is 0 Å². The highest BCUT2D eigenvalue weighted by atomic mass is 16.2. The van der Waals surface area contributed by atoms with Gasteiger partial charge in [0.2, 0.25) is 0 Å². The highest BCUT2D eigenvalue weighted by molar-refractivity contribution is 6.08. The van der Waals surface area contributed by atoms with E-state index in [2.05, 4.69) is 24.1 Å². The fourth-order valence-electron chi connectivity index (χ4n) is 4.16. The standard InChI is InChI=1S/C24H25N3O2/c1-16-13-17(2)15-27(14-16)24(29)19-8-4-6-10-21(19)26-23(28)22-12-11-18-7-3-5-9-20(18)25-22/h3-12,16-17H,13-15H2,1-2H3,(H,26,28). The Kier molecular flexibility index (Phi) is 5.30. The van der Waals surface area contributed by atoms with Gasteiger partial charge < -0.3 is 10.2 Å². The summed E-state index contributed by atoms with van der Waals surface area (Å²) < 4.78 is 0. The molecule has 1 aromatic heterocycles. The summed E-state index contributed by atoms with van der Waals surface area (Å²) in [6, 6.07) is 18.4. The molecule has 2 amide bonds. The first-order chi connectivity index (χ1) is 14.0. The van der Waals surface area contributed by atoms with Gasteiger partial charge in [0.25, 0.3) is 11.8 Å². The van der Waals surface area contributed by atoms with Crippen LogP contribution in [0.3, 0.4) is 0 Å². The molecule has 1 N–H and O–H groups in total. The Labute approximate surface area is 170 Å². The summed E-state index contributed by atoms with van der Waals surface area (Å²) >= 11 is 0. The van der Waals surface area contributed by atoms with Crippen LogP contribution in [0.4, 0.5) is 5.69 Å². The minimum Gasteiger partial charge on any atom is -0.338 e. The second-order valence-corrected chi connectivity index (χ2v) is 8.05. The van der Waals surface area contributed by atoms with Gasteiger partial charge in [-0.3, -0.25) is 9.59 Å². The molecule has 5 nitrogen and oxygen atoms in total. The number of hydrogen-bond acceptors (Lipinski definition) is 3. The van der Waals surface area contributed by atoms with E-state index in [4.69, 9.17) is 0 Å². The highest BCUT2D eigenvalue weighted by Crippen LogP contribution is 2.25. The van der Waals surface area contributed by atoms with E-state index in [0.29, 0.717) is 28.8 Å². The van der Waals surface area contributed by atoms with Crippen molar-refractivity contribution in [2.24, 2.45) is 11.8 Å². The Bertz CT molecular complexity index is 1050. The van der Waals surface area contributed by atoms with Gasteiger partial charge in [0.05, 0.1) is 16.8 Å². The van der Waals surface area contributed by atoms with Crippen LogP contribution in [0, 0.1) is 11.8 Å². The van der Waals surface area contributed by atoms with Crippen LogP contribution in [0.1, 0.15) is 41.1 Å². The third-order valence-electron chi connectivity index (χ3n) is 5.39. The van der Waals surface area contributed by atoms with Gasteiger partial charge in [0, 0.05) is 18.5 Å². The molecule has 0 saturated carbocycles. The summed E-state index contributed by atoms with van der Waals surface area (Å²) in [5, 5.41) is 3.86. The number of benzene rings is 2. The van der Waals surface area contributed by atoms with E-state index in [9.17, 15) is 9.59 Å². The Balaban J connectivity index is 1.57. The molecular weight excluding hydrogens is 362 g/mol. The molecule has 2 heterocycles. The first-order valence-electron chi connectivity index (χ1n) is 10.1. The van der Waals surface area contributed by atoms with E-state index >= 15 is 0 Å². The fourth-order valence-corrected chi connectivity index (χ4v) is 4.16. The smallest absolute Gasteiger partial charge is 0.274 e. The highest BCUT2D eigenvalue weighted by Gasteiger charge is 2.27. The van der Waals surface area contributed by atoms with Crippen LogP contribution in [0.15, 0.2) is 60.7 Å². The molecule has 2 unspecified atom stereocenters. The molecule has 1 aliphatic rings. The number of amides is 2. The summed E-state index contributed by atoms with van der Waals surface area (Å²) in [4.78, 5) is 32.3. The van der Waals surface area contributed by atoms with Crippen LogP contribution < -0.4 is 5.32 Å². The molecule has 0 spiro atoms. The topological polar surface area (TPSA) is 62.3 Å². The Hall–Kier alpha value is -3.21. The lowest BCUT2D eigenvalue weighted by atomic mass is 9.91. The number of piperidine rings is 1. The number of carbonyl (C=O) groups is 2. The summed E-state index contributed by atoms with van der Waals surface area (Å²) in [5.41, 5.74) is 2.12. The number of rotatable bonds is 3. The Morgan fingerprint density at radius 3 is 2.41 bits per heavy atom. The van der Waals surface area contributed by atoms with Crippen molar-refractivity contribution in [3.63, 3.8) is 0 Å². The van der Waals surface area contributed by atoms with Gasteiger partial charge in [-0.05, 0) is 42.5 Å². The van der Waals surface area contributed by atoms with Crippen molar-refractivity contribution < 1.29 is 9.59 Å². The predicted molar refractivity (Wildman–Crippen MR) is 115 cm³/mol. The molecule has 148 valence electrons. The van der Waals surface area contributed by atoms with Crippen LogP contribution in [-0.2, 0) is 0 Å². The maximum atomic E-state index is 13.2. The van der Waals surface area contributed by atoms with Crippen molar-refractivity contribution in [2.45, 2.75) is 20.3 Å². The summed E-state index contributed by atoms with van der Waals surface area (Å²) in [5.74, 6) is 0.597. The monoisotopic (exact) mass is 387 g/mol. The molecule has 0 radical (unpaired) electrons. The van der Waals surface area contributed by atoms with Crippen LogP contribution in [-0.4, -0.2) is 34.8 Å². The molecule has 2 atom stereocenters. The summed E-state index contributed by atoms with van der Waals surface area (Å²) in [7, 11) is 0. The normalized spacial score (nSPS) is 19.2. The molecule has 29 heavy (non-hydrogen) atoms. The molecule has 3 aromatic rings. The number of nitrogens with one attached hydrogen (secondary N) is 1. The second-order valence-electron chi connectivity index (χ2n) is 8.05. The van der Waals surface area contributed by atoms with Gasteiger partial charge in [0.1, 0.15) is 5.69 Å². The lowest BCUT2D eigenvalue weighted by Crippen LogP contribution is -2.42. The van der Waals surface area contributed by atoms with E-state index in [1.165, 1.54) is 0 Å². The first-order valence-corrected chi connectivity index (χ1v) is 10.1. The lowest BCUT2D eigenvalue weighted by molar-refractivity contribution is 0.0624. The van der Waals surface area contributed by atoms with Gasteiger partial charge in [-0.2, -0.15) is 0 Å². The van der Waals surface area contributed by atoms with Crippen LogP contribution in [0.2, 0.25) is 0 Å². The number of carbonyl (C=O) groups excluding carboxylic acids is 2. The fraction of sp³-hybridized carbons (Fsp3) is 0.292. The van der Waals surface area contributed by atoms with Gasteiger partial charge >= 0.3 is 0 Å². The molecular formula is C24H25N3O2. The summed E-state index contributed by atoms with van der Waals surface area (Å²) in [6.45, 7) is 5.85. The van der Waals surface area contributed by atoms with Crippen LogP contribution in [0.5, 0.6) is 0 Å². The van der Waals surface area contributed by atoms with Crippen molar-refractivity contribution in [1.29, 1.82) is 0 Å². The maximum absolute atomic E-state index is 13.2. The molecule has 1 saturated heterocycles. The Morgan fingerprint density at radius 2 is 1.62 bits per heavy atom. The van der Waals surface area contributed by atoms with Crippen molar-refractivity contribution in [1.82, 2.24) is 9.88 Å². The third kappa shape index (κ3) is 4.14. The molecule has 2 aromatic carbocycles. The Morgan fingerprint density at radius 1 is 0.931 bits per heavy atom. The van der Waals surface area contributed by atoms with Crippen molar-refractivity contribution in [3.8, 4) is 0 Å². The first kappa shape index (κ1) is 19.1. The zero-order valence-corrected chi connectivity index (χ0v) is 16.8. The second kappa shape index (κ2) is 8.03. The van der Waals surface area contributed by atoms with E-state index in [-0.39, 0.29) is 11.8 Å². The van der Waals surface area contributed by atoms with Crippen molar-refractivity contribution >= 4 is 28.4 Å². The summed E-state index contributed by atoms with van der Waals surface area (Å²) in [6.07, 6.45) is 1.13. The number of nitrogens with zero attached hydrogens (tertiary/aromatic N) is 2. The molecule has 0 bridgehead atoms. The number of aromatic nitrogens is 1. The van der Waals surface area contributed by atoms with Crippen molar-refractivity contribution in [2.75, 3.05) is 18.4 Å². The minimum atomic E-state index is -0.323. The molecule has 0 aliphatic carbocycles. The lowest BCUT2D eigenvalue weighted by Gasteiger charge is -2.35. The minimum absolute atomic E-state index is 0.0363. The van der Waals surface area contributed by atoms with Gasteiger partial charge in [-0.1, -0.05) is 50.2 Å². The average molecular weight is 387 g/mol. The van der Waals surface area contributed by atoms with Crippen LogP contribution >= 0.6 is 0 Å². The number of likely N-dealkylation sites (tertiary alicyclic amines) is 1.